The number of nitrogens with zero attached hydrogens (tertiary/aromatic N) is 2. The molecule has 0 bridgehead atoms. The molecule has 1 saturated heterocycles. The largest absolute Gasteiger partial charge is 0.507 e. The maximum absolute atomic E-state index is 12.9. The molecular formula is C22H22N2O6. The third-order valence-corrected chi connectivity index (χ3v) is 5.20. The quantitative estimate of drug-likeness (QED) is 0.710. The highest BCUT2D eigenvalue weighted by Crippen LogP contribution is 2.30. The number of ether oxygens (including phenoxy) is 2. The predicted molar refractivity (Wildman–Crippen MR) is 111 cm³/mol. The number of hydrogen-bond acceptors (Lipinski definition) is 7. The minimum absolute atomic E-state index is 0.0823. The summed E-state index contributed by atoms with van der Waals surface area (Å²) in [6, 6.07) is 9.50. The maximum atomic E-state index is 12.9. The Bertz CT molecular complexity index is 1130. The monoisotopic (exact) mass is 410 g/mol. The second kappa shape index (κ2) is 8.08. The molecule has 1 fully saturated rings. The van der Waals surface area contributed by atoms with Gasteiger partial charge in [-0.25, -0.2) is 4.79 Å². The standard InChI is InChI=1S/C22H22N2O6/c1-23-7-9-24(10-8-23)22(27)30-15-5-3-14(4-6-15)17-13-29-19-12-16(28-2)11-18(25)20(19)21(17)26/h3-6,11-13,25H,7-10H2,1-2H3. The van der Waals surface area contributed by atoms with Gasteiger partial charge in [0.05, 0.1) is 12.7 Å². The van der Waals surface area contributed by atoms with E-state index in [0.29, 0.717) is 35.7 Å². The van der Waals surface area contributed by atoms with Crippen LogP contribution in [0.1, 0.15) is 0 Å². The Balaban J connectivity index is 1.56. The van der Waals surface area contributed by atoms with Gasteiger partial charge >= 0.3 is 6.09 Å². The Labute approximate surface area is 172 Å². The van der Waals surface area contributed by atoms with Crippen LogP contribution in [0.2, 0.25) is 0 Å². The zero-order chi connectivity index (χ0) is 21.3. The van der Waals surface area contributed by atoms with Crippen molar-refractivity contribution >= 4 is 17.1 Å². The topological polar surface area (TPSA) is 92.5 Å². The summed E-state index contributed by atoms with van der Waals surface area (Å²) in [5.41, 5.74) is 0.747. The van der Waals surface area contributed by atoms with E-state index in [1.807, 2.05) is 7.05 Å². The van der Waals surface area contributed by atoms with Crippen molar-refractivity contribution in [2.45, 2.75) is 0 Å². The van der Waals surface area contributed by atoms with Crippen molar-refractivity contribution in [2.24, 2.45) is 0 Å². The number of phenolic OH excluding ortho intramolecular Hbond substituents is 1. The summed E-state index contributed by atoms with van der Waals surface area (Å²) in [6.45, 7) is 2.87. The summed E-state index contributed by atoms with van der Waals surface area (Å²) in [5, 5.41) is 10.3. The van der Waals surface area contributed by atoms with Crippen molar-refractivity contribution in [3.05, 3.63) is 52.9 Å². The number of piperazine rings is 1. The third kappa shape index (κ3) is 3.81. The van der Waals surface area contributed by atoms with Crippen LogP contribution in [0.25, 0.3) is 22.1 Å². The fourth-order valence-electron chi connectivity index (χ4n) is 3.38. The molecule has 0 saturated carbocycles. The van der Waals surface area contributed by atoms with E-state index in [0.717, 1.165) is 13.1 Å². The van der Waals surface area contributed by atoms with Crippen molar-refractivity contribution in [1.29, 1.82) is 0 Å². The highest BCUT2D eigenvalue weighted by Gasteiger charge is 2.21. The van der Waals surface area contributed by atoms with Crippen LogP contribution in [-0.2, 0) is 0 Å². The Kier molecular flexibility index (Phi) is 5.33. The van der Waals surface area contributed by atoms with Gasteiger partial charge in [-0.05, 0) is 24.7 Å². The van der Waals surface area contributed by atoms with Crippen LogP contribution in [0.4, 0.5) is 4.79 Å². The van der Waals surface area contributed by atoms with Gasteiger partial charge in [0.1, 0.15) is 34.5 Å². The van der Waals surface area contributed by atoms with E-state index >= 15 is 0 Å². The molecule has 1 aromatic heterocycles. The fourth-order valence-corrected chi connectivity index (χ4v) is 3.38. The number of phenols is 1. The molecule has 0 unspecified atom stereocenters. The van der Waals surface area contributed by atoms with Gasteiger partial charge in [0, 0.05) is 38.3 Å². The zero-order valence-corrected chi connectivity index (χ0v) is 16.8. The summed E-state index contributed by atoms with van der Waals surface area (Å²) in [6.07, 6.45) is 0.953. The molecule has 1 aliphatic heterocycles. The molecular weight excluding hydrogens is 388 g/mol. The molecule has 3 aromatic rings. The van der Waals surface area contributed by atoms with Crippen LogP contribution in [0.3, 0.4) is 0 Å². The highest BCUT2D eigenvalue weighted by atomic mass is 16.6. The average molecular weight is 410 g/mol. The SMILES string of the molecule is COc1cc(O)c2c(=O)c(-c3ccc(OC(=O)N4CCN(C)CC4)cc3)coc2c1. The predicted octanol–water partition coefficient (Wildman–Crippen LogP) is 2.92. The number of methoxy groups -OCH3 is 1. The number of aromatic hydroxyl groups is 1. The Morgan fingerprint density at radius 3 is 2.43 bits per heavy atom. The van der Waals surface area contributed by atoms with Crippen LogP contribution < -0.4 is 14.9 Å². The van der Waals surface area contributed by atoms with E-state index in [1.54, 1.807) is 35.2 Å². The summed E-state index contributed by atoms with van der Waals surface area (Å²) in [5.74, 6) is 0.570. The van der Waals surface area contributed by atoms with E-state index in [9.17, 15) is 14.7 Å². The zero-order valence-electron chi connectivity index (χ0n) is 16.8. The molecule has 1 amide bonds. The van der Waals surface area contributed by atoms with Gasteiger partial charge in [0.2, 0.25) is 5.43 Å². The summed E-state index contributed by atoms with van der Waals surface area (Å²) in [7, 11) is 3.48. The van der Waals surface area contributed by atoms with Gasteiger partial charge in [-0.1, -0.05) is 12.1 Å². The number of carbonyl (C=O) groups excluding carboxylic acids is 1. The van der Waals surface area contributed by atoms with Gasteiger partial charge < -0.3 is 28.8 Å². The Morgan fingerprint density at radius 1 is 1.07 bits per heavy atom. The average Bonchev–Trinajstić information content (AvgIpc) is 2.74. The first-order chi connectivity index (χ1) is 14.5. The molecule has 4 rings (SSSR count). The first kappa shape index (κ1) is 19.8. The van der Waals surface area contributed by atoms with E-state index in [-0.39, 0.29) is 28.2 Å². The number of carbonyl (C=O) groups is 1. The number of rotatable bonds is 3. The molecule has 1 aliphatic rings. The van der Waals surface area contributed by atoms with E-state index in [2.05, 4.69) is 4.90 Å². The number of likely N-dealkylation sites (N-methyl/N-ethyl adjacent to an activating group) is 1. The van der Waals surface area contributed by atoms with Crippen LogP contribution >= 0.6 is 0 Å². The lowest BCUT2D eigenvalue weighted by Crippen LogP contribution is -2.48. The van der Waals surface area contributed by atoms with Crippen LogP contribution in [0.15, 0.2) is 51.9 Å². The normalized spacial score (nSPS) is 14.7. The highest BCUT2D eigenvalue weighted by molar-refractivity contribution is 5.88. The fraction of sp³-hybridized carbons (Fsp3) is 0.273. The minimum Gasteiger partial charge on any atom is -0.507 e. The van der Waals surface area contributed by atoms with Gasteiger partial charge in [-0.15, -0.1) is 0 Å². The van der Waals surface area contributed by atoms with Crippen molar-refractivity contribution in [2.75, 3.05) is 40.3 Å². The lowest BCUT2D eigenvalue weighted by molar-refractivity contribution is 0.120. The van der Waals surface area contributed by atoms with Crippen molar-refractivity contribution < 1.29 is 23.8 Å². The van der Waals surface area contributed by atoms with Crippen molar-refractivity contribution in [3.8, 4) is 28.4 Å². The van der Waals surface area contributed by atoms with Crippen molar-refractivity contribution in [3.63, 3.8) is 0 Å². The summed E-state index contributed by atoms with van der Waals surface area (Å²) in [4.78, 5) is 29.0. The lowest BCUT2D eigenvalue weighted by atomic mass is 10.0. The van der Waals surface area contributed by atoms with E-state index < -0.39 is 0 Å². The first-order valence-corrected chi connectivity index (χ1v) is 9.54. The summed E-state index contributed by atoms with van der Waals surface area (Å²) >= 11 is 0. The molecule has 8 nitrogen and oxygen atoms in total. The molecule has 0 spiro atoms. The molecule has 2 heterocycles. The van der Waals surface area contributed by atoms with Crippen LogP contribution in [0.5, 0.6) is 17.2 Å². The van der Waals surface area contributed by atoms with E-state index in [1.165, 1.54) is 19.4 Å². The van der Waals surface area contributed by atoms with Gasteiger partial charge in [-0.2, -0.15) is 0 Å². The molecule has 8 heteroatoms. The second-order valence-electron chi connectivity index (χ2n) is 7.18. The third-order valence-electron chi connectivity index (χ3n) is 5.20. The molecule has 0 radical (unpaired) electrons. The number of hydrogen-bond donors (Lipinski definition) is 1. The smallest absolute Gasteiger partial charge is 0.415 e. The first-order valence-electron chi connectivity index (χ1n) is 9.54. The van der Waals surface area contributed by atoms with Gasteiger partial charge in [0.25, 0.3) is 0 Å². The number of benzene rings is 2. The Morgan fingerprint density at radius 2 is 1.77 bits per heavy atom. The van der Waals surface area contributed by atoms with E-state index in [4.69, 9.17) is 13.9 Å². The number of fused-ring (bicyclic) bond motifs is 1. The second-order valence-corrected chi connectivity index (χ2v) is 7.18. The molecule has 30 heavy (non-hydrogen) atoms. The molecule has 1 N–H and O–H groups in total. The molecule has 0 atom stereocenters. The lowest BCUT2D eigenvalue weighted by Gasteiger charge is -2.31. The maximum Gasteiger partial charge on any atom is 0.415 e. The number of amides is 1. The van der Waals surface area contributed by atoms with Crippen molar-refractivity contribution in [1.82, 2.24) is 9.80 Å². The minimum atomic E-state index is -0.389. The van der Waals surface area contributed by atoms with Crippen LogP contribution in [-0.4, -0.2) is 61.3 Å². The summed E-state index contributed by atoms with van der Waals surface area (Å²) < 4.78 is 16.1. The molecule has 156 valence electrons. The molecule has 0 aliphatic carbocycles. The molecule has 2 aromatic carbocycles. The van der Waals surface area contributed by atoms with Gasteiger partial charge in [0.15, 0.2) is 0 Å². The van der Waals surface area contributed by atoms with Crippen LogP contribution in [0, 0.1) is 0 Å². The Hall–Kier alpha value is -3.52. The van der Waals surface area contributed by atoms with Gasteiger partial charge in [-0.3, -0.25) is 4.79 Å².